The molecule has 1 aliphatic carbocycles. The number of nitrogen functional groups attached to an aromatic ring is 1. The van der Waals surface area contributed by atoms with Crippen LogP contribution in [0.1, 0.15) is 34.3 Å². The van der Waals surface area contributed by atoms with Crippen molar-refractivity contribution in [2.24, 2.45) is 0 Å². The maximum atomic E-state index is 12.9. The number of halogens is 3. The third-order valence-electron chi connectivity index (χ3n) is 4.39. The summed E-state index contributed by atoms with van der Waals surface area (Å²) >= 11 is 0. The molecule has 0 aliphatic heterocycles. The number of carbonyl (C=O) groups excluding carboxylic acids is 1. The Bertz CT molecular complexity index is 767. The number of alkyl halides is 3. The van der Waals surface area contributed by atoms with Gasteiger partial charge in [0.1, 0.15) is 0 Å². The first-order chi connectivity index (χ1) is 11.3. The Morgan fingerprint density at radius 1 is 1.12 bits per heavy atom. The van der Waals surface area contributed by atoms with Crippen molar-refractivity contribution in [3.8, 4) is 0 Å². The molecule has 1 fully saturated rings. The molecule has 126 valence electrons. The van der Waals surface area contributed by atoms with Crippen LogP contribution in [0.5, 0.6) is 0 Å². The molecule has 0 aromatic heterocycles. The zero-order chi connectivity index (χ0) is 17.4. The fraction of sp³-hybridized carbons (Fsp3) is 0.278. The lowest BCUT2D eigenvalue weighted by Gasteiger charge is -2.18. The smallest absolute Gasteiger partial charge is 0.399 e. The van der Waals surface area contributed by atoms with Crippen LogP contribution in [0.4, 0.5) is 18.9 Å². The highest BCUT2D eigenvalue weighted by Crippen LogP contribution is 2.48. The van der Waals surface area contributed by atoms with Gasteiger partial charge < -0.3 is 11.1 Å². The number of anilines is 1. The number of nitrogens with one attached hydrogen (secondary N) is 1. The van der Waals surface area contributed by atoms with Crippen LogP contribution in [0, 0.1) is 0 Å². The second kappa shape index (κ2) is 5.85. The summed E-state index contributed by atoms with van der Waals surface area (Å²) in [4.78, 5) is 12.2. The fourth-order valence-corrected chi connectivity index (χ4v) is 2.78. The van der Waals surface area contributed by atoms with Crippen LogP contribution in [0.25, 0.3) is 0 Å². The van der Waals surface area contributed by atoms with Crippen LogP contribution >= 0.6 is 0 Å². The van der Waals surface area contributed by atoms with Gasteiger partial charge in [-0.15, -0.1) is 0 Å². The van der Waals surface area contributed by atoms with E-state index in [4.69, 9.17) is 5.73 Å². The number of rotatable bonds is 4. The summed E-state index contributed by atoms with van der Waals surface area (Å²) in [6, 6.07) is 11.9. The predicted molar refractivity (Wildman–Crippen MR) is 85.5 cm³/mol. The van der Waals surface area contributed by atoms with Gasteiger partial charge in [0.25, 0.3) is 5.91 Å². The summed E-state index contributed by atoms with van der Waals surface area (Å²) in [7, 11) is 0. The third kappa shape index (κ3) is 3.37. The van der Waals surface area contributed by atoms with Gasteiger partial charge >= 0.3 is 6.18 Å². The Hall–Kier alpha value is -2.50. The monoisotopic (exact) mass is 334 g/mol. The van der Waals surface area contributed by atoms with E-state index in [1.165, 1.54) is 12.1 Å². The Morgan fingerprint density at radius 2 is 1.83 bits per heavy atom. The van der Waals surface area contributed by atoms with E-state index in [-0.39, 0.29) is 5.91 Å². The topological polar surface area (TPSA) is 55.1 Å². The molecule has 0 heterocycles. The largest absolute Gasteiger partial charge is 0.416 e. The third-order valence-corrected chi connectivity index (χ3v) is 4.39. The van der Waals surface area contributed by atoms with Gasteiger partial charge in [0.2, 0.25) is 0 Å². The standard InChI is InChI=1S/C18H17F3N2O/c19-18(20,21)14-5-2-4-13(10-14)17(7-8-17)11-23-16(24)12-3-1-6-15(22)9-12/h1-6,9-10H,7-8,11,22H2,(H,23,24). The predicted octanol–water partition coefficient (Wildman–Crippen LogP) is 3.75. The van der Waals surface area contributed by atoms with Crippen LogP contribution < -0.4 is 11.1 Å². The molecule has 3 rings (SSSR count). The van der Waals surface area contributed by atoms with Crippen LogP contribution in [0.15, 0.2) is 48.5 Å². The van der Waals surface area contributed by atoms with Gasteiger partial charge in [-0.2, -0.15) is 13.2 Å². The highest BCUT2D eigenvalue weighted by molar-refractivity contribution is 5.95. The van der Waals surface area contributed by atoms with Crippen LogP contribution in [-0.4, -0.2) is 12.5 Å². The Labute approximate surface area is 137 Å². The van der Waals surface area contributed by atoms with Gasteiger partial charge in [-0.25, -0.2) is 0 Å². The van der Waals surface area contributed by atoms with Crippen LogP contribution in [0.3, 0.4) is 0 Å². The highest BCUT2D eigenvalue weighted by atomic mass is 19.4. The average molecular weight is 334 g/mol. The first kappa shape index (κ1) is 16.4. The lowest BCUT2D eigenvalue weighted by molar-refractivity contribution is -0.137. The quantitative estimate of drug-likeness (QED) is 0.837. The molecule has 2 aromatic carbocycles. The number of carbonyl (C=O) groups is 1. The Morgan fingerprint density at radius 3 is 2.46 bits per heavy atom. The van der Waals surface area contributed by atoms with E-state index in [2.05, 4.69) is 5.32 Å². The summed E-state index contributed by atoms with van der Waals surface area (Å²) in [6.07, 6.45) is -2.85. The van der Waals surface area contributed by atoms with E-state index in [1.807, 2.05) is 0 Å². The minimum absolute atomic E-state index is 0.277. The number of hydrogen-bond acceptors (Lipinski definition) is 2. The van der Waals surface area contributed by atoms with Crippen LogP contribution in [0.2, 0.25) is 0 Å². The van der Waals surface area contributed by atoms with Crippen molar-refractivity contribution in [2.75, 3.05) is 12.3 Å². The Balaban J connectivity index is 1.72. The first-order valence-electron chi connectivity index (χ1n) is 7.62. The number of nitrogens with two attached hydrogens (primary N) is 1. The van der Waals surface area contributed by atoms with Crippen molar-refractivity contribution in [3.05, 3.63) is 65.2 Å². The van der Waals surface area contributed by atoms with Gasteiger partial charge in [0, 0.05) is 23.2 Å². The lowest BCUT2D eigenvalue weighted by Crippen LogP contribution is -2.32. The molecule has 1 saturated carbocycles. The molecule has 3 nitrogen and oxygen atoms in total. The maximum absolute atomic E-state index is 12.9. The molecule has 0 saturated heterocycles. The van der Waals surface area contributed by atoms with Crippen LogP contribution in [-0.2, 0) is 11.6 Å². The average Bonchev–Trinajstić information content (AvgIpc) is 3.33. The van der Waals surface area contributed by atoms with Crippen molar-refractivity contribution in [3.63, 3.8) is 0 Å². The molecule has 1 amide bonds. The van der Waals surface area contributed by atoms with Crippen molar-refractivity contribution < 1.29 is 18.0 Å². The summed E-state index contributed by atoms with van der Waals surface area (Å²) in [6.45, 7) is 0.307. The molecule has 24 heavy (non-hydrogen) atoms. The normalized spacial score (nSPS) is 15.8. The summed E-state index contributed by atoms with van der Waals surface area (Å²) < 4.78 is 38.6. The number of hydrogen-bond donors (Lipinski definition) is 2. The van der Waals surface area contributed by atoms with Crippen molar-refractivity contribution in [2.45, 2.75) is 24.4 Å². The summed E-state index contributed by atoms with van der Waals surface area (Å²) in [5, 5.41) is 2.81. The molecule has 0 bridgehead atoms. The van der Waals surface area contributed by atoms with E-state index in [9.17, 15) is 18.0 Å². The molecular weight excluding hydrogens is 317 g/mol. The van der Waals surface area contributed by atoms with Gasteiger partial charge in [0.05, 0.1) is 5.56 Å². The number of benzene rings is 2. The Kier molecular flexibility index (Phi) is 3.99. The lowest BCUT2D eigenvalue weighted by atomic mass is 9.94. The van der Waals surface area contributed by atoms with Gasteiger partial charge in [-0.1, -0.05) is 24.3 Å². The highest BCUT2D eigenvalue weighted by Gasteiger charge is 2.45. The molecular formula is C18H17F3N2O. The molecule has 0 atom stereocenters. The van der Waals surface area contributed by atoms with E-state index in [1.54, 1.807) is 30.3 Å². The van der Waals surface area contributed by atoms with Gasteiger partial charge in [-0.3, -0.25) is 4.79 Å². The molecule has 0 spiro atoms. The second-order valence-electron chi connectivity index (χ2n) is 6.17. The van der Waals surface area contributed by atoms with E-state index in [0.29, 0.717) is 23.4 Å². The molecule has 6 heteroatoms. The van der Waals surface area contributed by atoms with Crippen molar-refractivity contribution in [1.82, 2.24) is 5.32 Å². The molecule has 3 N–H and O–H groups in total. The SMILES string of the molecule is Nc1cccc(C(=O)NCC2(c3cccc(C(F)(F)F)c3)CC2)c1. The second-order valence-corrected chi connectivity index (χ2v) is 6.17. The summed E-state index contributed by atoms with van der Waals surface area (Å²) in [5.41, 5.74) is 6.13. The molecule has 0 unspecified atom stereocenters. The van der Waals surface area contributed by atoms with E-state index in [0.717, 1.165) is 18.9 Å². The minimum atomic E-state index is -4.36. The van der Waals surface area contributed by atoms with Crippen molar-refractivity contribution in [1.29, 1.82) is 0 Å². The zero-order valence-corrected chi connectivity index (χ0v) is 12.9. The fourth-order valence-electron chi connectivity index (χ4n) is 2.78. The minimum Gasteiger partial charge on any atom is -0.399 e. The molecule has 2 aromatic rings. The van der Waals surface area contributed by atoms with E-state index >= 15 is 0 Å². The van der Waals surface area contributed by atoms with Gasteiger partial charge in [0.15, 0.2) is 0 Å². The van der Waals surface area contributed by atoms with Gasteiger partial charge in [-0.05, 0) is 42.7 Å². The number of amides is 1. The van der Waals surface area contributed by atoms with E-state index < -0.39 is 17.2 Å². The summed E-state index contributed by atoms with van der Waals surface area (Å²) in [5.74, 6) is -0.277. The molecule has 0 radical (unpaired) electrons. The zero-order valence-electron chi connectivity index (χ0n) is 12.9. The van der Waals surface area contributed by atoms with Crippen molar-refractivity contribution >= 4 is 11.6 Å². The first-order valence-corrected chi connectivity index (χ1v) is 7.62. The maximum Gasteiger partial charge on any atom is 0.416 e. The molecule has 1 aliphatic rings.